The van der Waals surface area contributed by atoms with Gasteiger partial charge in [0.25, 0.3) is 11.5 Å². The van der Waals surface area contributed by atoms with Gasteiger partial charge in [-0.1, -0.05) is 24.3 Å². The summed E-state index contributed by atoms with van der Waals surface area (Å²) in [7, 11) is 1.64. The van der Waals surface area contributed by atoms with Crippen LogP contribution in [-0.2, 0) is 7.05 Å². The molecule has 150 valence electrons. The third kappa shape index (κ3) is 2.89. The van der Waals surface area contributed by atoms with Crippen LogP contribution in [0.3, 0.4) is 0 Å². The topological polar surface area (TPSA) is 68.3 Å². The average molecular weight is 391 g/mol. The molecule has 0 aliphatic heterocycles. The molecule has 0 saturated heterocycles. The summed E-state index contributed by atoms with van der Waals surface area (Å²) in [5.74, 6) is 0.885. The Kier molecular flexibility index (Phi) is 4.12. The highest BCUT2D eigenvalue weighted by molar-refractivity contribution is 6.06. The van der Waals surface area contributed by atoms with E-state index in [1.54, 1.807) is 14.0 Å². The van der Waals surface area contributed by atoms with Crippen molar-refractivity contribution in [2.24, 2.45) is 7.05 Å². The quantitative estimate of drug-likeness (QED) is 0.680. The van der Waals surface area contributed by atoms with E-state index in [-0.39, 0.29) is 29.3 Å². The van der Waals surface area contributed by atoms with Crippen LogP contribution in [0.5, 0.6) is 0 Å². The van der Waals surface area contributed by atoms with Crippen LogP contribution in [0.25, 0.3) is 11.1 Å². The second-order valence-corrected chi connectivity index (χ2v) is 8.50. The van der Waals surface area contributed by atoms with Crippen LogP contribution in [0.4, 0.5) is 0 Å². The van der Waals surface area contributed by atoms with Gasteiger partial charge in [0.2, 0.25) is 5.71 Å². The van der Waals surface area contributed by atoms with Crippen LogP contribution in [0, 0.1) is 13.8 Å². The number of carbonyl (C=O) groups is 1. The first-order chi connectivity index (χ1) is 14.0. The lowest BCUT2D eigenvalue weighted by Gasteiger charge is -2.44. The summed E-state index contributed by atoms with van der Waals surface area (Å²) in [6.07, 6.45) is 5.43. The zero-order valence-corrected chi connectivity index (χ0v) is 17.0. The lowest BCUT2D eigenvalue weighted by molar-refractivity contribution is 0.0516. The van der Waals surface area contributed by atoms with Gasteiger partial charge in [0.1, 0.15) is 17.5 Å². The molecule has 0 N–H and O–H groups in total. The largest absolute Gasteiger partial charge is 0.442 e. The predicted octanol–water partition coefficient (Wildman–Crippen LogP) is 3.69. The molecule has 6 nitrogen and oxygen atoms in total. The van der Waals surface area contributed by atoms with Crippen molar-refractivity contribution in [2.45, 2.75) is 57.5 Å². The standard InChI is InChI=1S/C23H25N3O3/c1-13-6-4-5-7-18(13)15-10-17(11-15)26(16-8-9-16)23(28)19-14(2)29-21-20(19)22(27)25(3)12-24-21/h4-7,12,15-17H,8-11H2,1-3H3. The van der Waals surface area contributed by atoms with Gasteiger partial charge in [-0.15, -0.1) is 0 Å². The normalized spacial score (nSPS) is 21.2. The first-order valence-electron chi connectivity index (χ1n) is 10.3. The molecule has 2 heterocycles. The van der Waals surface area contributed by atoms with Crippen molar-refractivity contribution < 1.29 is 9.21 Å². The lowest BCUT2D eigenvalue weighted by atomic mass is 9.73. The van der Waals surface area contributed by atoms with E-state index in [9.17, 15) is 9.59 Å². The minimum Gasteiger partial charge on any atom is -0.442 e. The molecule has 1 aromatic carbocycles. The molecule has 0 radical (unpaired) electrons. The molecule has 2 aliphatic rings. The van der Waals surface area contributed by atoms with Gasteiger partial charge in [-0.3, -0.25) is 9.59 Å². The number of furan rings is 1. The number of fused-ring (bicyclic) bond motifs is 1. The smallest absolute Gasteiger partial charge is 0.265 e. The highest BCUT2D eigenvalue weighted by Gasteiger charge is 2.45. The van der Waals surface area contributed by atoms with Crippen molar-refractivity contribution in [1.29, 1.82) is 0 Å². The average Bonchev–Trinajstić information content (AvgIpc) is 3.43. The van der Waals surface area contributed by atoms with E-state index >= 15 is 0 Å². The lowest BCUT2D eigenvalue weighted by Crippen LogP contribution is -2.48. The highest BCUT2D eigenvalue weighted by Crippen LogP contribution is 2.45. The molecule has 6 heteroatoms. The number of benzene rings is 1. The number of aromatic nitrogens is 2. The molecule has 29 heavy (non-hydrogen) atoms. The zero-order chi connectivity index (χ0) is 20.3. The third-order valence-electron chi connectivity index (χ3n) is 6.47. The first kappa shape index (κ1) is 18.2. The number of hydrogen-bond acceptors (Lipinski definition) is 4. The Morgan fingerprint density at radius 2 is 1.90 bits per heavy atom. The zero-order valence-electron chi connectivity index (χ0n) is 17.0. The Labute approximate surface area is 169 Å². The number of nitrogens with zero attached hydrogens (tertiary/aromatic N) is 3. The molecule has 2 aromatic heterocycles. The van der Waals surface area contributed by atoms with Gasteiger partial charge in [-0.05, 0) is 56.6 Å². The second kappa shape index (κ2) is 6.58. The van der Waals surface area contributed by atoms with E-state index in [1.165, 1.54) is 22.0 Å². The molecule has 3 aromatic rings. The van der Waals surface area contributed by atoms with Crippen molar-refractivity contribution in [1.82, 2.24) is 14.5 Å². The van der Waals surface area contributed by atoms with Crippen LogP contribution in [0.15, 0.2) is 39.8 Å². The first-order valence-corrected chi connectivity index (χ1v) is 10.3. The van der Waals surface area contributed by atoms with Crippen molar-refractivity contribution >= 4 is 17.0 Å². The summed E-state index contributed by atoms with van der Waals surface area (Å²) in [5.41, 5.74) is 3.09. The van der Waals surface area contributed by atoms with Crippen LogP contribution in [0.1, 0.15) is 58.8 Å². The molecular weight excluding hydrogens is 366 g/mol. The van der Waals surface area contributed by atoms with E-state index in [0.29, 0.717) is 22.6 Å². The van der Waals surface area contributed by atoms with E-state index in [1.807, 2.05) is 4.90 Å². The highest BCUT2D eigenvalue weighted by atomic mass is 16.3. The summed E-state index contributed by atoms with van der Waals surface area (Å²) in [6.45, 7) is 3.90. The summed E-state index contributed by atoms with van der Waals surface area (Å²) < 4.78 is 7.07. The number of aryl methyl sites for hydroxylation is 3. The molecule has 0 unspecified atom stereocenters. The number of rotatable bonds is 4. The maximum Gasteiger partial charge on any atom is 0.265 e. The van der Waals surface area contributed by atoms with Gasteiger partial charge < -0.3 is 13.9 Å². The maximum absolute atomic E-state index is 13.6. The van der Waals surface area contributed by atoms with Gasteiger partial charge in [0.15, 0.2) is 0 Å². The summed E-state index contributed by atoms with van der Waals surface area (Å²) in [6, 6.07) is 8.98. The van der Waals surface area contributed by atoms with E-state index in [4.69, 9.17) is 4.42 Å². The Hall–Kier alpha value is -2.89. The van der Waals surface area contributed by atoms with Crippen LogP contribution in [0.2, 0.25) is 0 Å². The minimum absolute atomic E-state index is 0.0814. The Morgan fingerprint density at radius 3 is 2.59 bits per heavy atom. The molecule has 0 atom stereocenters. The van der Waals surface area contributed by atoms with Gasteiger partial charge in [0, 0.05) is 19.1 Å². The summed E-state index contributed by atoms with van der Waals surface area (Å²) in [4.78, 5) is 32.5. The minimum atomic E-state index is -0.239. The molecule has 2 aliphatic carbocycles. The molecule has 2 saturated carbocycles. The number of carbonyl (C=O) groups excluding carboxylic acids is 1. The molecule has 0 bridgehead atoms. The molecule has 2 fully saturated rings. The predicted molar refractivity (Wildman–Crippen MR) is 110 cm³/mol. The Balaban J connectivity index is 1.47. The fraction of sp³-hybridized carbons (Fsp3) is 0.435. The van der Waals surface area contributed by atoms with Crippen molar-refractivity contribution in [3.8, 4) is 0 Å². The summed E-state index contributed by atoms with van der Waals surface area (Å²) in [5, 5.41) is 0.304. The van der Waals surface area contributed by atoms with Crippen LogP contribution >= 0.6 is 0 Å². The summed E-state index contributed by atoms with van der Waals surface area (Å²) >= 11 is 0. The number of hydrogen-bond donors (Lipinski definition) is 0. The Morgan fingerprint density at radius 1 is 1.17 bits per heavy atom. The fourth-order valence-electron chi connectivity index (χ4n) is 4.67. The van der Waals surface area contributed by atoms with Gasteiger partial charge in [-0.25, -0.2) is 4.98 Å². The van der Waals surface area contributed by atoms with Gasteiger partial charge >= 0.3 is 0 Å². The molecule has 0 spiro atoms. The van der Waals surface area contributed by atoms with E-state index < -0.39 is 0 Å². The van der Waals surface area contributed by atoms with Crippen molar-refractivity contribution in [3.05, 3.63) is 63.4 Å². The van der Waals surface area contributed by atoms with Crippen LogP contribution in [-0.4, -0.2) is 32.4 Å². The monoisotopic (exact) mass is 391 g/mol. The number of amides is 1. The SMILES string of the molecule is Cc1ccccc1C1CC(N(C(=O)c2c(C)oc3ncn(C)c(=O)c23)C2CC2)C1. The van der Waals surface area contributed by atoms with Crippen LogP contribution < -0.4 is 5.56 Å². The molecule has 1 amide bonds. The van der Waals surface area contributed by atoms with E-state index in [2.05, 4.69) is 36.2 Å². The van der Waals surface area contributed by atoms with Gasteiger partial charge in [0.05, 0.1) is 5.56 Å². The third-order valence-corrected chi connectivity index (χ3v) is 6.47. The second-order valence-electron chi connectivity index (χ2n) is 8.50. The van der Waals surface area contributed by atoms with Gasteiger partial charge in [-0.2, -0.15) is 0 Å². The maximum atomic E-state index is 13.6. The molecule has 5 rings (SSSR count). The van der Waals surface area contributed by atoms with Crippen molar-refractivity contribution in [2.75, 3.05) is 0 Å². The van der Waals surface area contributed by atoms with E-state index in [0.717, 1.165) is 25.7 Å². The molecular formula is C23H25N3O3. The van der Waals surface area contributed by atoms with Crippen molar-refractivity contribution in [3.63, 3.8) is 0 Å². The Bertz CT molecular complexity index is 1170. The fourth-order valence-corrected chi connectivity index (χ4v) is 4.67.